The predicted molar refractivity (Wildman–Crippen MR) is 126 cm³/mol. The van der Waals surface area contributed by atoms with Crippen molar-refractivity contribution >= 4 is 21.6 Å². The fraction of sp³-hybridized carbons (Fsp3) is 0.458. The molecule has 1 aliphatic heterocycles. The maximum Gasteiger partial charge on any atom is 0.241 e. The van der Waals surface area contributed by atoms with Crippen LogP contribution < -0.4 is 19.1 Å². The van der Waals surface area contributed by atoms with Gasteiger partial charge in [0.15, 0.2) is 0 Å². The topological polar surface area (TPSA) is 84.9 Å². The number of nitrogens with zero attached hydrogens (tertiary/aromatic N) is 1. The molecule has 0 bridgehead atoms. The first kappa shape index (κ1) is 23.9. The lowest BCUT2D eigenvalue weighted by Crippen LogP contribution is -2.47. The van der Waals surface area contributed by atoms with Gasteiger partial charge in [0.25, 0.3) is 0 Å². The molecule has 1 atom stereocenters. The average Bonchev–Trinajstić information content (AvgIpc) is 2.76. The molecule has 2 aromatic rings. The van der Waals surface area contributed by atoms with Crippen LogP contribution in [0.4, 0.5) is 5.69 Å². The second-order valence-corrected chi connectivity index (χ2v) is 10.2. The zero-order valence-electron chi connectivity index (χ0n) is 19.3. The molecule has 2 aromatic carbocycles. The molecule has 0 aliphatic carbocycles. The third kappa shape index (κ3) is 5.01. The van der Waals surface area contributed by atoms with E-state index < -0.39 is 10.0 Å². The third-order valence-corrected chi connectivity index (χ3v) is 7.24. The lowest BCUT2D eigenvalue weighted by atomic mass is 9.83. The fourth-order valence-electron chi connectivity index (χ4n) is 4.18. The molecule has 1 unspecified atom stereocenters. The highest BCUT2D eigenvalue weighted by molar-refractivity contribution is 7.92. The van der Waals surface area contributed by atoms with Crippen LogP contribution in [-0.4, -0.2) is 39.8 Å². The number of methoxy groups -OCH3 is 1. The summed E-state index contributed by atoms with van der Waals surface area (Å²) in [6.07, 6.45) is 3.32. The van der Waals surface area contributed by atoms with Crippen molar-refractivity contribution in [3.05, 3.63) is 53.6 Å². The van der Waals surface area contributed by atoms with E-state index >= 15 is 0 Å². The summed E-state index contributed by atoms with van der Waals surface area (Å²) in [5.74, 6) is 0.760. The molecule has 7 nitrogen and oxygen atoms in total. The van der Waals surface area contributed by atoms with Gasteiger partial charge in [0.2, 0.25) is 15.9 Å². The molecule has 1 heterocycles. The number of nitrogens with one attached hydrogen (secondary N) is 1. The third-order valence-electron chi connectivity index (χ3n) is 6.11. The van der Waals surface area contributed by atoms with Gasteiger partial charge in [-0.05, 0) is 43.5 Å². The molecule has 0 saturated heterocycles. The van der Waals surface area contributed by atoms with Crippen LogP contribution >= 0.6 is 0 Å². The van der Waals surface area contributed by atoms with Crippen LogP contribution in [0.5, 0.6) is 11.5 Å². The molecular formula is C24H32N2O5S. The minimum atomic E-state index is -3.73. The maximum atomic E-state index is 13.1. The van der Waals surface area contributed by atoms with Crippen molar-refractivity contribution in [3.8, 4) is 11.5 Å². The zero-order valence-corrected chi connectivity index (χ0v) is 20.2. The van der Waals surface area contributed by atoms with Gasteiger partial charge in [-0.2, -0.15) is 0 Å². The van der Waals surface area contributed by atoms with Gasteiger partial charge in [0.05, 0.1) is 25.1 Å². The molecule has 32 heavy (non-hydrogen) atoms. The van der Waals surface area contributed by atoms with E-state index in [1.54, 1.807) is 12.1 Å². The summed E-state index contributed by atoms with van der Waals surface area (Å²) in [4.78, 5) is 13.1. The number of anilines is 1. The SMILES string of the molecule is CCC1(CC)CC(NC(=O)CN(c2cc(C)ccc2OC)S(C)(=O)=O)c2ccccc2O1. The number of sulfonamides is 1. The average molecular weight is 461 g/mol. The molecule has 0 saturated carbocycles. The Morgan fingerprint density at radius 3 is 2.53 bits per heavy atom. The first-order chi connectivity index (χ1) is 15.1. The number of fused-ring (bicyclic) bond motifs is 1. The summed E-state index contributed by atoms with van der Waals surface area (Å²) in [6, 6.07) is 12.6. The first-order valence-corrected chi connectivity index (χ1v) is 12.7. The fourth-order valence-corrected chi connectivity index (χ4v) is 5.03. The number of benzene rings is 2. The molecule has 0 radical (unpaired) electrons. The summed E-state index contributed by atoms with van der Waals surface area (Å²) < 4.78 is 38.0. The highest BCUT2D eigenvalue weighted by atomic mass is 32.2. The van der Waals surface area contributed by atoms with E-state index in [1.165, 1.54) is 7.11 Å². The standard InChI is InChI=1S/C24H32N2O5S/c1-6-24(7-2)15-19(18-10-8-9-11-21(18)31-24)25-23(27)16-26(32(5,28)29)20-14-17(3)12-13-22(20)30-4/h8-14,19H,6-7,15-16H2,1-5H3,(H,25,27). The number of carbonyl (C=O) groups excluding carboxylic acids is 1. The summed E-state index contributed by atoms with van der Waals surface area (Å²) in [6.45, 7) is 5.67. The predicted octanol–water partition coefficient (Wildman–Crippen LogP) is 3.97. The molecular weight excluding hydrogens is 428 g/mol. The van der Waals surface area contributed by atoms with Gasteiger partial charge in [-0.15, -0.1) is 0 Å². The number of para-hydroxylation sites is 1. The van der Waals surface area contributed by atoms with Gasteiger partial charge in [0, 0.05) is 12.0 Å². The van der Waals surface area contributed by atoms with Crippen LogP contribution in [-0.2, 0) is 14.8 Å². The van der Waals surface area contributed by atoms with Crippen molar-refractivity contribution in [1.29, 1.82) is 0 Å². The van der Waals surface area contributed by atoms with Crippen LogP contribution in [0.25, 0.3) is 0 Å². The largest absolute Gasteiger partial charge is 0.495 e. The first-order valence-electron chi connectivity index (χ1n) is 10.8. The van der Waals surface area contributed by atoms with Crippen LogP contribution in [0.1, 0.15) is 50.3 Å². The number of aryl methyl sites for hydroxylation is 1. The van der Waals surface area contributed by atoms with Crippen molar-refractivity contribution in [2.45, 2.75) is 51.7 Å². The van der Waals surface area contributed by atoms with E-state index in [9.17, 15) is 13.2 Å². The molecule has 3 rings (SSSR count). The zero-order chi connectivity index (χ0) is 23.5. The monoisotopic (exact) mass is 460 g/mol. The van der Waals surface area contributed by atoms with Crippen molar-refractivity contribution < 1.29 is 22.7 Å². The Morgan fingerprint density at radius 1 is 1.22 bits per heavy atom. The Balaban J connectivity index is 1.89. The maximum absolute atomic E-state index is 13.1. The highest BCUT2D eigenvalue weighted by Gasteiger charge is 2.39. The Bertz CT molecular complexity index is 1080. The molecule has 1 amide bonds. The Labute approximate surface area is 190 Å². The van der Waals surface area contributed by atoms with E-state index in [0.29, 0.717) is 17.9 Å². The molecule has 0 fully saturated rings. The van der Waals surface area contributed by atoms with E-state index in [4.69, 9.17) is 9.47 Å². The molecule has 0 aromatic heterocycles. The molecule has 174 valence electrons. The van der Waals surface area contributed by atoms with Crippen LogP contribution in [0.2, 0.25) is 0 Å². The molecule has 8 heteroatoms. The number of hydrogen-bond donors (Lipinski definition) is 1. The van der Waals surface area contributed by atoms with Crippen molar-refractivity contribution in [3.63, 3.8) is 0 Å². The Hall–Kier alpha value is -2.74. The number of hydrogen-bond acceptors (Lipinski definition) is 5. The van der Waals surface area contributed by atoms with Crippen LogP contribution in [0.3, 0.4) is 0 Å². The Kier molecular flexibility index (Phi) is 7.03. The molecule has 1 aliphatic rings. The van der Waals surface area contributed by atoms with Crippen molar-refractivity contribution in [2.24, 2.45) is 0 Å². The minimum Gasteiger partial charge on any atom is -0.495 e. The van der Waals surface area contributed by atoms with E-state index in [1.807, 2.05) is 37.3 Å². The second-order valence-electron chi connectivity index (χ2n) is 8.30. The van der Waals surface area contributed by atoms with E-state index in [2.05, 4.69) is 19.2 Å². The van der Waals surface area contributed by atoms with Crippen LogP contribution in [0, 0.1) is 6.92 Å². The second kappa shape index (κ2) is 9.40. The highest BCUT2D eigenvalue weighted by Crippen LogP contribution is 2.42. The minimum absolute atomic E-state index is 0.270. The smallest absolute Gasteiger partial charge is 0.241 e. The van der Waals surface area contributed by atoms with Gasteiger partial charge < -0.3 is 14.8 Å². The van der Waals surface area contributed by atoms with E-state index in [-0.39, 0.29) is 24.1 Å². The lowest BCUT2D eigenvalue weighted by molar-refractivity contribution is -0.121. The Morgan fingerprint density at radius 2 is 1.91 bits per heavy atom. The summed E-state index contributed by atoms with van der Waals surface area (Å²) in [5, 5.41) is 3.06. The van der Waals surface area contributed by atoms with E-state index in [0.717, 1.165) is 40.3 Å². The number of rotatable bonds is 8. The van der Waals surface area contributed by atoms with Gasteiger partial charge in [-0.1, -0.05) is 38.1 Å². The van der Waals surface area contributed by atoms with Gasteiger partial charge in [-0.25, -0.2) is 8.42 Å². The van der Waals surface area contributed by atoms with Gasteiger partial charge in [-0.3, -0.25) is 9.10 Å². The summed E-state index contributed by atoms with van der Waals surface area (Å²) in [7, 11) is -2.25. The van der Waals surface area contributed by atoms with Crippen molar-refractivity contribution in [1.82, 2.24) is 5.32 Å². The summed E-state index contributed by atoms with van der Waals surface area (Å²) >= 11 is 0. The van der Waals surface area contributed by atoms with Crippen molar-refractivity contribution in [2.75, 3.05) is 24.2 Å². The number of amides is 1. The van der Waals surface area contributed by atoms with Gasteiger partial charge >= 0.3 is 0 Å². The number of ether oxygens (including phenoxy) is 2. The normalized spacial score (nSPS) is 17.1. The molecule has 0 spiro atoms. The van der Waals surface area contributed by atoms with Crippen LogP contribution in [0.15, 0.2) is 42.5 Å². The quantitative estimate of drug-likeness (QED) is 0.644. The van der Waals surface area contributed by atoms with Gasteiger partial charge in [0.1, 0.15) is 23.6 Å². The lowest BCUT2D eigenvalue weighted by Gasteiger charge is -2.41. The number of carbonyl (C=O) groups is 1. The summed E-state index contributed by atoms with van der Waals surface area (Å²) in [5.41, 5.74) is 1.73. The molecule has 1 N–H and O–H groups in total.